The molecule has 2 aromatic carbocycles. The second-order valence-electron chi connectivity index (χ2n) is 9.92. The summed E-state index contributed by atoms with van der Waals surface area (Å²) in [5, 5.41) is 4.20. The normalized spacial score (nSPS) is 17.5. The van der Waals surface area contributed by atoms with Gasteiger partial charge in [-0.2, -0.15) is 0 Å². The quantitative estimate of drug-likeness (QED) is 0.406. The molecule has 36 heavy (non-hydrogen) atoms. The van der Waals surface area contributed by atoms with Gasteiger partial charge in [0.15, 0.2) is 12.4 Å². The lowest BCUT2D eigenvalue weighted by molar-refractivity contribution is -0.124. The Labute approximate surface area is 213 Å². The van der Waals surface area contributed by atoms with Gasteiger partial charge in [0.25, 0.3) is 5.91 Å². The van der Waals surface area contributed by atoms with Gasteiger partial charge >= 0.3 is 0 Å². The number of nitrogens with one attached hydrogen (secondary N) is 1. The summed E-state index contributed by atoms with van der Waals surface area (Å²) < 4.78 is 5.57. The lowest BCUT2D eigenvalue weighted by Crippen LogP contribution is -2.40. The Balaban J connectivity index is 1.17. The van der Waals surface area contributed by atoms with E-state index >= 15 is 0 Å². The van der Waals surface area contributed by atoms with Crippen molar-refractivity contribution in [2.24, 2.45) is 5.92 Å². The van der Waals surface area contributed by atoms with E-state index < -0.39 is 0 Å². The van der Waals surface area contributed by atoms with Crippen LogP contribution in [0.15, 0.2) is 48.5 Å². The SMILES string of the molecule is CC(=O)c1ccc(OCC(=O)NC2CCC(CCCc3nc(N(C)C)c4ccccc4n3)CC2)cc1. The van der Waals surface area contributed by atoms with Crippen LogP contribution in [0.2, 0.25) is 0 Å². The minimum atomic E-state index is -0.0979. The summed E-state index contributed by atoms with van der Waals surface area (Å²) in [5.74, 6) is 3.07. The summed E-state index contributed by atoms with van der Waals surface area (Å²) in [6.45, 7) is 1.51. The zero-order chi connectivity index (χ0) is 25.5. The van der Waals surface area contributed by atoms with E-state index in [0.717, 1.165) is 67.5 Å². The molecule has 0 unspecified atom stereocenters. The summed E-state index contributed by atoms with van der Waals surface area (Å²) in [5.41, 5.74) is 1.63. The minimum absolute atomic E-state index is 0.00961. The number of ketones is 1. The number of fused-ring (bicyclic) bond motifs is 1. The molecule has 7 heteroatoms. The molecule has 1 aliphatic rings. The fraction of sp³-hybridized carbons (Fsp3) is 0.448. The molecule has 1 N–H and O–H groups in total. The van der Waals surface area contributed by atoms with Crippen LogP contribution < -0.4 is 15.0 Å². The molecule has 0 aliphatic heterocycles. The highest BCUT2D eigenvalue weighted by Gasteiger charge is 2.22. The Kier molecular flexibility index (Phi) is 8.52. The maximum atomic E-state index is 12.3. The number of benzene rings is 2. The van der Waals surface area contributed by atoms with Gasteiger partial charge in [-0.3, -0.25) is 9.59 Å². The van der Waals surface area contributed by atoms with Crippen molar-refractivity contribution in [1.82, 2.24) is 15.3 Å². The van der Waals surface area contributed by atoms with E-state index in [4.69, 9.17) is 14.7 Å². The van der Waals surface area contributed by atoms with Crippen LogP contribution in [-0.2, 0) is 11.2 Å². The van der Waals surface area contributed by atoms with Crippen LogP contribution in [0.5, 0.6) is 5.75 Å². The maximum absolute atomic E-state index is 12.3. The summed E-state index contributed by atoms with van der Waals surface area (Å²) in [7, 11) is 4.05. The number of Topliss-reactive ketones (excluding diaryl/α,β-unsaturated/α-hetero) is 1. The van der Waals surface area contributed by atoms with Crippen LogP contribution in [0.25, 0.3) is 10.9 Å². The first-order valence-electron chi connectivity index (χ1n) is 12.8. The Morgan fingerprint density at radius 2 is 1.72 bits per heavy atom. The molecule has 0 atom stereocenters. The van der Waals surface area contributed by atoms with E-state index in [1.807, 2.05) is 26.2 Å². The van der Waals surface area contributed by atoms with Crippen LogP contribution >= 0.6 is 0 Å². The second-order valence-corrected chi connectivity index (χ2v) is 9.92. The van der Waals surface area contributed by atoms with Gasteiger partial charge in [-0.05, 0) is 81.3 Å². The van der Waals surface area contributed by atoms with Crippen LogP contribution in [0.1, 0.15) is 61.6 Å². The standard InChI is InChI=1S/C29H36N4O3/c1-20(34)22-13-17-24(18-14-22)36-19-28(35)30-23-15-11-21(12-16-23)7-6-10-27-31-26-9-5-4-8-25(26)29(32-27)33(2)3/h4-5,8-9,13-14,17-18,21,23H,6-7,10-12,15-16,19H2,1-3H3,(H,30,35). The highest BCUT2D eigenvalue weighted by Crippen LogP contribution is 2.29. The number of anilines is 1. The number of rotatable bonds is 10. The number of nitrogens with zero attached hydrogens (tertiary/aromatic N) is 3. The van der Waals surface area contributed by atoms with Gasteiger partial charge in [0.1, 0.15) is 17.4 Å². The first kappa shape index (κ1) is 25.6. The second kappa shape index (κ2) is 12.0. The van der Waals surface area contributed by atoms with E-state index in [2.05, 4.69) is 22.3 Å². The van der Waals surface area contributed by atoms with Crippen molar-refractivity contribution in [3.8, 4) is 5.75 Å². The number of para-hydroxylation sites is 1. The Morgan fingerprint density at radius 1 is 1.00 bits per heavy atom. The Hall–Kier alpha value is -3.48. The largest absolute Gasteiger partial charge is 0.484 e. The molecule has 1 amide bonds. The molecule has 1 saturated carbocycles. The number of amides is 1. The number of carbonyl (C=O) groups is 2. The predicted octanol–water partition coefficient (Wildman–Crippen LogP) is 4.98. The van der Waals surface area contributed by atoms with Crippen molar-refractivity contribution in [2.45, 2.75) is 57.9 Å². The van der Waals surface area contributed by atoms with Crippen molar-refractivity contribution in [3.63, 3.8) is 0 Å². The Bertz CT molecular complexity index is 1180. The van der Waals surface area contributed by atoms with Crippen LogP contribution in [0.4, 0.5) is 5.82 Å². The fourth-order valence-corrected chi connectivity index (χ4v) is 4.91. The molecular weight excluding hydrogens is 452 g/mol. The smallest absolute Gasteiger partial charge is 0.258 e. The van der Waals surface area contributed by atoms with E-state index in [1.165, 1.54) is 6.92 Å². The van der Waals surface area contributed by atoms with Crippen LogP contribution in [0, 0.1) is 5.92 Å². The zero-order valence-electron chi connectivity index (χ0n) is 21.5. The summed E-state index contributed by atoms with van der Waals surface area (Å²) in [6.07, 6.45) is 7.37. The molecular formula is C29H36N4O3. The molecule has 1 aromatic heterocycles. The van der Waals surface area contributed by atoms with Gasteiger partial charge in [0, 0.05) is 37.5 Å². The van der Waals surface area contributed by atoms with Crippen molar-refractivity contribution < 1.29 is 14.3 Å². The molecule has 7 nitrogen and oxygen atoms in total. The fourth-order valence-electron chi connectivity index (χ4n) is 4.91. The highest BCUT2D eigenvalue weighted by molar-refractivity contribution is 5.94. The topological polar surface area (TPSA) is 84.4 Å². The average molecular weight is 489 g/mol. The van der Waals surface area contributed by atoms with Crippen molar-refractivity contribution >= 4 is 28.4 Å². The van der Waals surface area contributed by atoms with Gasteiger partial charge in [0.2, 0.25) is 0 Å². The molecule has 1 aliphatic carbocycles. The minimum Gasteiger partial charge on any atom is -0.484 e. The number of carbonyl (C=O) groups excluding carboxylic acids is 2. The molecule has 0 spiro atoms. The predicted molar refractivity (Wildman–Crippen MR) is 143 cm³/mol. The number of aromatic nitrogens is 2. The first-order valence-corrected chi connectivity index (χ1v) is 12.8. The third kappa shape index (κ3) is 6.80. The van der Waals surface area contributed by atoms with E-state index in [9.17, 15) is 9.59 Å². The van der Waals surface area contributed by atoms with Crippen molar-refractivity contribution in [3.05, 3.63) is 59.9 Å². The molecule has 3 aromatic rings. The van der Waals surface area contributed by atoms with Crippen molar-refractivity contribution in [2.75, 3.05) is 25.6 Å². The third-order valence-corrected chi connectivity index (χ3v) is 6.91. The zero-order valence-corrected chi connectivity index (χ0v) is 21.5. The lowest BCUT2D eigenvalue weighted by atomic mass is 9.83. The number of ether oxygens (including phenoxy) is 1. The van der Waals surface area contributed by atoms with E-state index in [1.54, 1.807) is 24.3 Å². The molecule has 0 bridgehead atoms. The van der Waals surface area contributed by atoms with E-state index in [-0.39, 0.29) is 24.3 Å². The molecule has 1 fully saturated rings. The monoisotopic (exact) mass is 488 g/mol. The highest BCUT2D eigenvalue weighted by atomic mass is 16.5. The molecule has 4 rings (SSSR count). The van der Waals surface area contributed by atoms with Gasteiger partial charge in [-0.15, -0.1) is 0 Å². The summed E-state index contributed by atoms with van der Waals surface area (Å²) in [6, 6.07) is 15.3. The van der Waals surface area contributed by atoms with E-state index in [0.29, 0.717) is 17.2 Å². The van der Waals surface area contributed by atoms with Gasteiger partial charge in [-0.25, -0.2) is 9.97 Å². The molecule has 1 heterocycles. The average Bonchev–Trinajstić information content (AvgIpc) is 2.88. The number of hydrogen-bond donors (Lipinski definition) is 1. The van der Waals surface area contributed by atoms with Crippen LogP contribution in [-0.4, -0.2) is 48.4 Å². The van der Waals surface area contributed by atoms with Gasteiger partial charge < -0.3 is 15.0 Å². The number of aryl methyl sites for hydroxylation is 1. The number of hydrogen-bond acceptors (Lipinski definition) is 6. The maximum Gasteiger partial charge on any atom is 0.258 e. The molecule has 0 saturated heterocycles. The van der Waals surface area contributed by atoms with Gasteiger partial charge in [0.05, 0.1) is 5.52 Å². The molecule has 0 radical (unpaired) electrons. The molecule has 190 valence electrons. The third-order valence-electron chi connectivity index (χ3n) is 6.91. The summed E-state index contributed by atoms with van der Waals surface area (Å²) in [4.78, 5) is 35.3. The first-order chi connectivity index (χ1) is 17.4. The van der Waals surface area contributed by atoms with Crippen molar-refractivity contribution in [1.29, 1.82) is 0 Å². The van der Waals surface area contributed by atoms with Crippen LogP contribution in [0.3, 0.4) is 0 Å². The lowest BCUT2D eigenvalue weighted by Gasteiger charge is -2.29. The summed E-state index contributed by atoms with van der Waals surface area (Å²) >= 11 is 0. The Morgan fingerprint density at radius 3 is 2.42 bits per heavy atom. The van der Waals surface area contributed by atoms with Gasteiger partial charge in [-0.1, -0.05) is 18.6 Å².